The lowest BCUT2D eigenvalue weighted by Crippen LogP contribution is -2.18. The third-order valence-corrected chi connectivity index (χ3v) is 3.45. The zero-order valence-corrected chi connectivity index (χ0v) is 11.3. The van der Waals surface area contributed by atoms with Gasteiger partial charge < -0.3 is 14.6 Å². The minimum atomic E-state index is -0.958. The molecule has 0 saturated heterocycles. The van der Waals surface area contributed by atoms with E-state index in [1.165, 1.54) is 13.0 Å². The summed E-state index contributed by atoms with van der Waals surface area (Å²) in [5.74, 6) is -1.32. The van der Waals surface area contributed by atoms with Gasteiger partial charge in [-0.25, -0.2) is 4.39 Å². The van der Waals surface area contributed by atoms with Crippen molar-refractivity contribution in [2.45, 2.75) is 13.3 Å². The van der Waals surface area contributed by atoms with Crippen LogP contribution >= 0.6 is 15.9 Å². The molecule has 98 valence electrons. The van der Waals surface area contributed by atoms with Gasteiger partial charge in [-0.05, 0) is 34.0 Å². The molecule has 0 aromatic heterocycles. The zero-order chi connectivity index (χ0) is 13.3. The molecular formula is C12H12BrFO4. The van der Waals surface area contributed by atoms with E-state index in [1.54, 1.807) is 0 Å². The van der Waals surface area contributed by atoms with Crippen molar-refractivity contribution >= 4 is 21.9 Å². The van der Waals surface area contributed by atoms with Gasteiger partial charge in [0.25, 0.3) is 0 Å². The molecule has 1 aliphatic rings. The maximum absolute atomic E-state index is 14.0. The van der Waals surface area contributed by atoms with Gasteiger partial charge in [0.05, 0.1) is 10.4 Å². The second-order valence-corrected chi connectivity index (χ2v) is 4.92. The number of hydrogen-bond donors (Lipinski definition) is 1. The number of fused-ring (bicyclic) bond motifs is 1. The summed E-state index contributed by atoms with van der Waals surface area (Å²) in [5, 5.41) is 8.85. The molecule has 4 nitrogen and oxygen atoms in total. The molecule has 0 saturated carbocycles. The Morgan fingerprint density at radius 2 is 2.22 bits per heavy atom. The molecule has 0 bridgehead atoms. The molecule has 1 atom stereocenters. The van der Waals surface area contributed by atoms with Crippen LogP contribution in [-0.2, 0) is 11.2 Å². The monoisotopic (exact) mass is 318 g/mol. The second-order valence-electron chi connectivity index (χ2n) is 4.13. The number of benzene rings is 1. The van der Waals surface area contributed by atoms with Crippen LogP contribution in [0.2, 0.25) is 0 Å². The first-order valence-corrected chi connectivity index (χ1v) is 6.29. The van der Waals surface area contributed by atoms with E-state index in [4.69, 9.17) is 14.6 Å². The van der Waals surface area contributed by atoms with Crippen LogP contribution in [0.15, 0.2) is 10.5 Å². The first-order valence-electron chi connectivity index (χ1n) is 5.50. The van der Waals surface area contributed by atoms with Crippen LogP contribution in [0.5, 0.6) is 11.5 Å². The third kappa shape index (κ3) is 2.43. The molecule has 1 aromatic rings. The number of aliphatic carboxylic acids is 1. The first-order chi connectivity index (χ1) is 8.50. The van der Waals surface area contributed by atoms with Crippen molar-refractivity contribution in [3.05, 3.63) is 21.9 Å². The number of carbonyl (C=O) groups is 1. The Bertz CT molecular complexity index is 489. The van der Waals surface area contributed by atoms with Gasteiger partial charge in [0, 0.05) is 0 Å². The molecule has 0 amide bonds. The number of carboxylic acids is 1. The molecular weight excluding hydrogens is 307 g/mol. The predicted octanol–water partition coefficient (Wildman–Crippen LogP) is 2.62. The van der Waals surface area contributed by atoms with Gasteiger partial charge in [-0.3, -0.25) is 4.79 Å². The maximum Gasteiger partial charge on any atom is 0.306 e. The average Bonchev–Trinajstić information content (AvgIpc) is 2.35. The minimum absolute atomic E-state index is 0.108. The van der Waals surface area contributed by atoms with Crippen LogP contribution in [-0.4, -0.2) is 24.3 Å². The Balaban J connectivity index is 2.37. The largest absolute Gasteiger partial charge is 0.486 e. The summed E-state index contributed by atoms with van der Waals surface area (Å²) in [5.41, 5.74) is 0.307. The van der Waals surface area contributed by atoms with E-state index in [-0.39, 0.29) is 10.9 Å². The summed E-state index contributed by atoms with van der Waals surface area (Å²) in [4.78, 5) is 10.8. The van der Waals surface area contributed by atoms with Crippen LogP contribution in [0, 0.1) is 11.7 Å². The van der Waals surface area contributed by atoms with Crippen LogP contribution < -0.4 is 9.47 Å². The van der Waals surface area contributed by atoms with E-state index < -0.39 is 17.7 Å². The summed E-state index contributed by atoms with van der Waals surface area (Å²) in [6.07, 6.45) is 0.108. The van der Waals surface area contributed by atoms with Crippen molar-refractivity contribution in [1.82, 2.24) is 0 Å². The normalized spacial score (nSPS) is 15.3. The Morgan fingerprint density at radius 3 is 2.89 bits per heavy atom. The first kappa shape index (κ1) is 13.1. The molecule has 1 N–H and O–H groups in total. The van der Waals surface area contributed by atoms with Gasteiger partial charge in [-0.2, -0.15) is 0 Å². The quantitative estimate of drug-likeness (QED) is 0.930. The second kappa shape index (κ2) is 5.14. The fraction of sp³-hybridized carbons (Fsp3) is 0.417. The SMILES string of the molecule is CC(Cc1cc2c(c(Br)c1F)OCCO2)C(=O)O. The zero-order valence-electron chi connectivity index (χ0n) is 9.70. The number of carboxylic acid groups (broad SMARTS) is 1. The van der Waals surface area contributed by atoms with Gasteiger partial charge in [-0.15, -0.1) is 0 Å². The van der Waals surface area contributed by atoms with E-state index in [1.807, 2.05) is 0 Å². The van der Waals surface area contributed by atoms with E-state index in [2.05, 4.69) is 15.9 Å². The average molecular weight is 319 g/mol. The minimum Gasteiger partial charge on any atom is -0.486 e. The van der Waals surface area contributed by atoms with Crippen molar-refractivity contribution in [3.63, 3.8) is 0 Å². The van der Waals surface area contributed by atoms with Gasteiger partial charge in [0.1, 0.15) is 19.0 Å². The van der Waals surface area contributed by atoms with Crippen LogP contribution in [0.3, 0.4) is 0 Å². The molecule has 1 heterocycles. The van der Waals surface area contributed by atoms with Crippen molar-refractivity contribution in [2.75, 3.05) is 13.2 Å². The highest BCUT2D eigenvalue weighted by atomic mass is 79.9. The fourth-order valence-electron chi connectivity index (χ4n) is 1.74. The van der Waals surface area contributed by atoms with Crippen molar-refractivity contribution in [2.24, 2.45) is 5.92 Å². The molecule has 0 aliphatic carbocycles. The molecule has 0 fully saturated rings. The number of hydrogen-bond acceptors (Lipinski definition) is 3. The molecule has 18 heavy (non-hydrogen) atoms. The summed E-state index contributed by atoms with van der Waals surface area (Å²) in [6, 6.07) is 1.51. The van der Waals surface area contributed by atoms with E-state index in [0.29, 0.717) is 30.3 Å². The van der Waals surface area contributed by atoms with Crippen LogP contribution in [0.25, 0.3) is 0 Å². The summed E-state index contributed by atoms with van der Waals surface area (Å²) in [6.45, 7) is 2.31. The molecule has 1 unspecified atom stereocenters. The van der Waals surface area contributed by atoms with Crippen molar-refractivity contribution < 1.29 is 23.8 Å². The predicted molar refractivity (Wildman–Crippen MR) is 65.6 cm³/mol. The van der Waals surface area contributed by atoms with Gasteiger partial charge >= 0.3 is 5.97 Å². The Kier molecular flexibility index (Phi) is 3.75. The van der Waals surface area contributed by atoms with Crippen molar-refractivity contribution in [3.8, 4) is 11.5 Å². The fourth-order valence-corrected chi connectivity index (χ4v) is 2.30. The van der Waals surface area contributed by atoms with E-state index in [9.17, 15) is 9.18 Å². The van der Waals surface area contributed by atoms with Crippen LogP contribution in [0.4, 0.5) is 4.39 Å². The van der Waals surface area contributed by atoms with Gasteiger partial charge in [0.15, 0.2) is 11.5 Å². The smallest absolute Gasteiger partial charge is 0.306 e. The summed E-state index contributed by atoms with van der Waals surface area (Å²) >= 11 is 3.12. The lowest BCUT2D eigenvalue weighted by molar-refractivity contribution is -0.141. The molecule has 1 aliphatic heterocycles. The van der Waals surface area contributed by atoms with E-state index >= 15 is 0 Å². The molecule has 6 heteroatoms. The number of halogens is 2. The number of ether oxygens (including phenoxy) is 2. The maximum atomic E-state index is 14.0. The van der Waals surface area contributed by atoms with E-state index in [0.717, 1.165) is 0 Å². The Labute approximate surface area is 112 Å². The Hall–Kier alpha value is -1.30. The molecule has 1 aromatic carbocycles. The highest BCUT2D eigenvalue weighted by Gasteiger charge is 2.23. The van der Waals surface area contributed by atoms with Crippen LogP contribution in [0.1, 0.15) is 12.5 Å². The van der Waals surface area contributed by atoms with Crippen molar-refractivity contribution in [1.29, 1.82) is 0 Å². The molecule has 0 spiro atoms. The highest BCUT2D eigenvalue weighted by Crippen LogP contribution is 2.41. The number of rotatable bonds is 3. The van der Waals surface area contributed by atoms with Gasteiger partial charge in [0.2, 0.25) is 0 Å². The summed E-state index contributed by atoms with van der Waals surface area (Å²) < 4.78 is 24.9. The topological polar surface area (TPSA) is 55.8 Å². The lowest BCUT2D eigenvalue weighted by atomic mass is 10.0. The van der Waals surface area contributed by atoms with Gasteiger partial charge in [-0.1, -0.05) is 6.92 Å². The molecule has 0 radical (unpaired) electrons. The highest BCUT2D eigenvalue weighted by molar-refractivity contribution is 9.10. The summed E-state index contributed by atoms with van der Waals surface area (Å²) in [7, 11) is 0. The standard InChI is InChI=1S/C12H12BrFO4/c1-6(12(15)16)4-7-5-8-11(9(13)10(7)14)18-3-2-17-8/h5-6H,2-4H2,1H3,(H,15,16). The Morgan fingerprint density at radius 1 is 1.56 bits per heavy atom. The lowest BCUT2D eigenvalue weighted by Gasteiger charge is -2.21. The third-order valence-electron chi connectivity index (χ3n) is 2.74. The molecule has 2 rings (SSSR count).